The van der Waals surface area contributed by atoms with Crippen LogP contribution in [0.15, 0.2) is 0 Å². The van der Waals surface area contributed by atoms with Crippen molar-refractivity contribution in [2.45, 2.75) is 81.1 Å². The molecule has 3 heterocycles. The van der Waals surface area contributed by atoms with Gasteiger partial charge in [-0.3, -0.25) is 4.79 Å². The van der Waals surface area contributed by atoms with E-state index in [0.29, 0.717) is 12.8 Å². The highest BCUT2D eigenvalue weighted by Crippen LogP contribution is 2.48. The van der Waals surface area contributed by atoms with Crippen LogP contribution in [0.1, 0.15) is 44.9 Å². The second kappa shape index (κ2) is 4.91. The normalized spacial score (nSPS) is 45.0. The van der Waals surface area contributed by atoms with E-state index in [1.54, 1.807) is 4.90 Å². The summed E-state index contributed by atoms with van der Waals surface area (Å²) in [6.45, 7) is -0.143. The maximum Gasteiger partial charge on any atom is 0.223 e. The van der Waals surface area contributed by atoms with Gasteiger partial charge in [-0.05, 0) is 19.3 Å². The van der Waals surface area contributed by atoms with E-state index in [-0.39, 0.29) is 36.8 Å². The van der Waals surface area contributed by atoms with Gasteiger partial charge >= 0.3 is 0 Å². The number of hydrogen-bond acceptors (Lipinski definition) is 5. The molecule has 0 bridgehead atoms. The smallest absolute Gasteiger partial charge is 0.223 e. The summed E-state index contributed by atoms with van der Waals surface area (Å²) in [6, 6.07) is -0.751. The second-order valence-corrected chi connectivity index (χ2v) is 6.78. The Morgan fingerprint density at radius 2 is 1.90 bits per heavy atom. The topological polar surface area (TPSA) is 79.2 Å². The molecule has 0 aromatic carbocycles. The Hall–Kier alpha value is -0.690. The molecule has 0 radical (unpaired) electrons. The zero-order valence-electron chi connectivity index (χ0n) is 12.1. The molecule has 6 heteroatoms. The minimum Gasteiger partial charge on any atom is -0.394 e. The fraction of sp³-hybridized carbons (Fsp3) is 0.933. The van der Waals surface area contributed by atoms with E-state index in [9.17, 15) is 15.0 Å². The van der Waals surface area contributed by atoms with Gasteiger partial charge in [-0.1, -0.05) is 6.42 Å². The molecule has 1 aliphatic carbocycles. The number of carbonyl (C=O) groups is 1. The first-order valence-electron chi connectivity index (χ1n) is 8.11. The van der Waals surface area contributed by atoms with Gasteiger partial charge in [-0.2, -0.15) is 0 Å². The molecule has 4 rings (SSSR count). The molecular formula is C15H23NO5. The molecule has 21 heavy (non-hydrogen) atoms. The van der Waals surface area contributed by atoms with Crippen LogP contribution in [0.5, 0.6) is 0 Å². The Morgan fingerprint density at radius 3 is 2.62 bits per heavy atom. The van der Waals surface area contributed by atoms with Crippen molar-refractivity contribution >= 4 is 5.91 Å². The number of ether oxygens (including phenoxy) is 2. The predicted octanol–water partition coefficient (Wildman–Crippen LogP) is 0.157. The number of aliphatic hydroxyl groups excluding tert-OH is 2. The van der Waals surface area contributed by atoms with Crippen LogP contribution < -0.4 is 0 Å². The number of nitrogens with zero attached hydrogens (tertiary/aromatic N) is 1. The third-order valence-corrected chi connectivity index (χ3v) is 5.56. The summed E-state index contributed by atoms with van der Waals surface area (Å²) in [6.07, 6.45) is 4.70. The molecule has 0 aromatic heterocycles. The molecule has 6 nitrogen and oxygen atoms in total. The summed E-state index contributed by atoms with van der Waals surface area (Å²) in [5.41, 5.74) is 0. The van der Waals surface area contributed by atoms with Crippen LogP contribution in [-0.4, -0.2) is 63.8 Å². The van der Waals surface area contributed by atoms with E-state index < -0.39 is 11.9 Å². The van der Waals surface area contributed by atoms with Gasteiger partial charge in [0.1, 0.15) is 12.2 Å². The quantitative estimate of drug-likeness (QED) is 0.720. The van der Waals surface area contributed by atoms with E-state index >= 15 is 0 Å². The highest BCUT2D eigenvalue weighted by molar-refractivity contribution is 5.78. The average molecular weight is 297 g/mol. The standard InChI is InChI=1S/C15H23NO5/c17-8-9-13-14(12-10(18)4-5-11(19)16(9)12)21-15(20-13)6-2-1-3-7-15/h9-10,12-14,17-18H,1-8H2. The van der Waals surface area contributed by atoms with Crippen LogP contribution in [0.2, 0.25) is 0 Å². The molecule has 5 atom stereocenters. The van der Waals surface area contributed by atoms with Crippen molar-refractivity contribution in [3.8, 4) is 0 Å². The van der Waals surface area contributed by atoms with Crippen molar-refractivity contribution in [1.82, 2.24) is 4.90 Å². The molecule has 1 amide bonds. The van der Waals surface area contributed by atoms with Gasteiger partial charge in [0.15, 0.2) is 5.79 Å². The maximum atomic E-state index is 12.2. The van der Waals surface area contributed by atoms with Crippen molar-refractivity contribution in [2.24, 2.45) is 0 Å². The molecule has 4 fully saturated rings. The third-order valence-electron chi connectivity index (χ3n) is 5.56. The maximum absolute atomic E-state index is 12.2. The SMILES string of the molecule is O=C1CCC(O)C2C3OC4(CCCCC4)OC3C(CO)N12. The summed E-state index contributed by atoms with van der Waals surface area (Å²) in [4.78, 5) is 13.8. The zero-order valence-corrected chi connectivity index (χ0v) is 12.1. The lowest BCUT2D eigenvalue weighted by Gasteiger charge is -2.41. The molecule has 3 aliphatic heterocycles. The molecule has 3 saturated heterocycles. The summed E-state index contributed by atoms with van der Waals surface area (Å²) >= 11 is 0. The summed E-state index contributed by atoms with van der Waals surface area (Å²) < 4.78 is 12.5. The second-order valence-electron chi connectivity index (χ2n) is 6.78. The monoisotopic (exact) mass is 297 g/mol. The van der Waals surface area contributed by atoms with E-state index in [4.69, 9.17) is 9.47 Å². The number of amides is 1. The molecule has 1 saturated carbocycles. The van der Waals surface area contributed by atoms with Crippen LogP contribution in [0, 0.1) is 0 Å². The number of hydrogen-bond donors (Lipinski definition) is 2. The first-order valence-corrected chi connectivity index (χ1v) is 8.11. The van der Waals surface area contributed by atoms with Crippen molar-refractivity contribution in [2.75, 3.05) is 6.61 Å². The van der Waals surface area contributed by atoms with E-state index in [0.717, 1.165) is 25.7 Å². The number of fused-ring (bicyclic) bond motifs is 3. The highest BCUT2D eigenvalue weighted by Gasteiger charge is 2.63. The number of carbonyl (C=O) groups excluding carboxylic acids is 1. The molecular weight excluding hydrogens is 274 g/mol. The number of piperidine rings is 1. The Bertz CT molecular complexity index is 436. The Kier molecular flexibility index (Phi) is 3.26. The fourth-order valence-electron chi connectivity index (χ4n) is 4.60. The van der Waals surface area contributed by atoms with Gasteiger partial charge in [0.2, 0.25) is 5.91 Å². The van der Waals surface area contributed by atoms with Gasteiger partial charge in [-0.25, -0.2) is 0 Å². The van der Waals surface area contributed by atoms with Crippen molar-refractivity contribution in [3.05, 3.63) is 0 Å². The van der Waals surface area contributed by atoms with E-state index in [2.05, 4.69) is 0 Å². The lowest BCUT2D eigenvalue weighted by molar-refractivity contribution is -0.218. The Balaban J connectivity index is 1.64. The van der Waals surface area contributed by atoms with E-state index in [1.165, 1.54) is 6.42 Å². The van der Waals surface area contributed by atoms with Crippen LogP contribution in [0.3, 0.4) is 0 Å². The van der Waals surface area contributed by atoms with Gasteiger partial charge < -0.3 is 24.6 Å². The summed E-state index contributed by atoms with van der Waals surface area (Å²) in [5, 5.41) is 20.1. The van der Waals surface area contributed by atoms with Crippen LogP contribution in [0.4, 0.5) is 0 Å². The minimum atomic E-state index is -0.589. The first-order chi connectivity index (χ1) is 10.2. The van der Waals surface area contributed by atoms with Gasteiger partial charge in [0.25, 0.3) is 0 Å². The summed E-state index contributed by atoms with van der Waals surface area (Å²) in [7, 11) is 0. The molecule has 4 aliphatic rings. The first kappa shape index (κ1) is 13.9. The van der Waals surface area contributed by atoms with Gasteiger partial charge in [0, 0.05) is 19.3 Å². The lowest BCUT2D eigenvalue weighted by atomic mass is 9.94. The minimum absolute atomic E-state index is 0.0105. The van der Waals surface area contributed by atoms with Crippen LogP contribution >= 0.6 is 0 Å². The van der Waals surface area contributed by atoms with E-state index in [1.807, 2.05) is 0 Å². The third kappa shape index (κ3) is 1.96. The number of rotatable bonds is 1. The largest absolute Gasteiger partial charge is 0.394 e. The highest BCUT2D eigenvalue weighted by atomic mass is 16.8. The Morgan fingerprint density at radius 1 is 1.19 bits per heavy atom. The van der Waals surface area contributed by atoms with Crippen molar-refractivity contribution < 1.29 is 24.5 Å². The Labute approximate surface area is 124 Å². The predicted molar refractivity (Wildman–Crippen MR) is 72.3 cm³/mol. The zero-order chi connectivity index (χ0) is 14.6. The van der Waals surface area contributed by atoms with Crippen molar-refractivity contribution in [1.29, 1.82) is 0 Å². The number of aliphatic hydroxyl groups is 2. The van der Waals surface area contributed by atoms with Crippen LogP contribution in [0.25, 0.3) is 0 Å². The molecule has 2 N–H and O–H groups in total. The molecule has 1 spiro atoms. The fourth-order valence-corrected chi connectivity index (χ4v) is 4.60. The average Bonchev–Trinajstić information content (AvgIpc) is 2.97. The lowest BCUT2D eigenvalue weighted by Crippen LogP contribution is -2.55. The molecule has 118 valence electrons. The van der Waals surface area contributed by atoms with Crippen LogP contribution in [-0.2, 0) is 14.3 Å². The molecule has 5 unspecified atom stereocenters. The van der Waals surface area contributed by atoms with Gasteiger partial charge in [-0.15, -0.1) is 0 Å². The van der Waals surface area contributed by atoms with Crippen molar-refractivity contribution in [3.63, 3.8) is 0 Å². The summed E-state index contributed by atoms with van der Waals surface area (Å²) in [5.74, 6) is -0.559. The van der Waals surface area contributed by atoms with Gasteiger partial charge in [0.05, 0.1) is 24.8 Å². The molecule has 0 aromatic rings.